The molecule has 0 aliphatic carbocycles. The van der Waals surface area contributed by atoms with Gasteiger partial charge < -0.3 is 18.9 Å². The highest BCUT2D eigenvalue weighted by atomic mass is 31.2. The van der Waals surface area contributed by atoms with Crippen molar-refractivity contribution < 1.29 is 23.5 Å². The Labute approximate surface area is 99.1 Å². The number of hydrogen-bond acceptors (Lipinski definition) is 6. The van der Waals surface area contributed by atoms with Crippen molar-refractivity contribution in [2.45, 2.75) is 26.0 Å². The van der Waals surface area contributed by atoms with Crippen LogP contribution in [0, 0.1) is 0 Å². The maximum atomic E-state index is 12.1. The van der Waals surface area contributed by atoms with E-state index in [0.717, 1.165) is 0 Å². The summed E-state index contributed by atoms with van der Waals surface area (Å²) in [7, 11) is -3.46. The van der Waals surface area contributed by atoms with Gasteiger partial charge in [0.15, 0.2) is 0 Å². The maximum Gasteiger partial charge on any atom is 0.331 e. The second-order valence-electron chi connectivity index (χ2n) is 3.03. The van der Waals surface area contributed by atoms with E-state index in [-0.39, 0.29) is 25.7 Å². The van der Waals surface area contributed by atoms with Gasteiger partial charge in [0.1, 0.15) is 12.4 Å². The average molecular weight is 265 g/mol. The molecule has 0 spiro atoms. The van der Waals surface area contributed by atoms with Crippen LogP contribution in [0.2, 0.25) is 0 Å². The summed E-state index contributed by atoms with van der Waals surface area (Å²) >= 11 is 0. The number of aliphatic hydroxyl groups is 1. The van der Waals surface area contributed by atoms with Crippen LogP contribution >= 0.6 is 7.60 Å². The molecule has 0 aromatic carbocycles. The van der Waals surface area contributed by atoms with Crippen molar-refractivity contribution in [3.63, 3.8) is 0 Å². The van der Waals surface area contributed by atoms with Gasteiger partial charge in [-0.2, -0.15) is 0 Å². The maximum absolute atomic E-state index is 12.1. The molecular weight excluding hydrogens is 249 g/mol. The van der Waals surface area contributed by atoms with Crippen LogP contribution < -0.4 is 0 Å². The van der Waals surface area contributed by atoms with Crippen molar-refractivity contribution in [2.24, 2.45) is 5.11 Å². The van der Waals surface area contributed by atoms with E-state index < -0.39 is 19.7 Å². The molecule has 0 unspecified atom stereocenters. The van der Waals surface area contributed by atoms with Gasteiger partial charge in [0.2, 0.25) is 0 Å². The molecule has 9 heteroatoms. The number of carbonyl (C=O) groups excluding carboxylic acids is 1. The lowest BCUT2D eigenvalue weighted by atomic mass is 10.2. The fourth-order valence-corrected chi connectivity index (χ4v) is 2.95. The van der Waals surface area contributed by atoms with E-state index in [4.69, 9.17) is 14.6 Å². The number of aliphatic hydroxyl groups excluding tert-OH is 1. The molecule has 0 aromatic heterocycles. The third-order valence-corrected chi connectivity index (χ3v) is 3.92. The molecule has 17 heavy (non-hydrogen) atoms. The van der Waals surface area contributed by atoms with Crippen molar-refractivity contribution in [3.05, 3.63) is 10.4 Å². The monoisotopic (exact) mass is 265 g/mol. The summed E-state index contributed by atoms with van der Waals surface area (Å²) in [4.78, 5) is 12.9. The zero-order valence-electron chi connectivity index (χ0n) is 9.72. The van der Waals surface area contributed by atoms with Crippen LogP contribution in [-0.2, 0) is 18.4 Å². The molecule has 0 radical (unpaired) electrons. The number of nitrogens with zero attached hydrogens (tertiary/aromatic N) is 3. The minimum absolute atomic E-state index is 0.150. The van der Waals surface area contributed by atoms with Crippen molar-refractivity contribution in [2.75, 3.05) is 19.4 Å². The zero-order valence-corrected chi connectivity index (χ0v) is 10.6. The summed E-state index contributed by atoms with van der Waals surface area (Å²) in [6.07, 6.45) is -1.65. The molecule has 0 amide bonds. The van der Waals surface area contributed by atoms with Crippen LogP contribution in [-0.4, -0.2) is 42.9 Å². The smallest absolute Gasteiger partial charge is 0.331 e. The second kappa shape index (κ2) is 8.22. The number of hydrogen-bond donors (Lipinski definition) is 1. The summed E-state index contributed by atoms with van der Waals surface area (Å²) in [6.45, 7) is 3.56. The second-order valence-corrected chi connectivity index (χ2v) is 5.13. The minimum atomic E-state index is -3.46. The summed E-state index contributed by atoms with van der Waals surface area (Å²) in [5, 5.41) is 12.5. The predicted octanol–water partition coefficient (Wildman–Crippen LogP) is 1.49. The molecule has 0 saturated heterocycles. The number of azide groups is 1. The normalized spacial score (nSPS) is 14.8. The molecule has 0 aliphatic rings. The zero-order chi connectivity index (χ0) is 13.3. The van der Waals surface area contributed by atoms with Crippen molar-refractivity contribution >= 4 is 13.9 Å². The minimum Gasteiger partial charge on any atom is -0.385 e. The van der Waals surface area contributed by atoms with Gasteiger partial charge >= 0.3 is 7.60 Å². The van der Waals surface area contributed by atoms with Gasteiger partial charge in [0, 0.05) is 4.91 Å². The fourth-order valence-electron chi connectivity index (χ4n) is 1.14. The highest BCUT2D eigenvalue weighted by Gasteiger charge is 2.31. The molecule has 1 N–H and O–H groups in total. The Kier molecular flexibility index (Phi) is 7.78. The van der Waals surface area contributed by atoms with E-state index >= 15 is 0 Å². The highest BCUT2D eigenvalue weighted by Crippen LogP contribution is 2.49. The van der Waals surface area contributed by atoms with Crippen LogP contribution in [0.4, 0.5) is 0 Å². The Morgan fingerprint density at radius 1 is 1.47 bits per heavy atom. The molecule has 0 rings (SSSR count). The molecule has 0 aliphatic heterocycles. The lowest BCUT2D eigenvalue weighted by Gasteiger charge is -2.21. The standard InChI is InChI=1S/C8H16N3O5P/c1-3-15-17(14,16-4-2)6-7(10-11-9)8(13)5-12/h5,7-8,13H,3-4,6H2,1-2H3/t7-,8-/m1/s1. The summed E-state index contributed by atoms with van der Waals surface area (Å²) in [5.41, 5.74) is 8.30. The highest BCUT2D eigenvalue weighted by molar-refractivity contribution is 7.53. The lowest BCUT2D eigenvalue weighted by molar-refractivity contribution is -0.115. The molecule has 0 heterocycles. The van der Waals surface area contributed by atoms with E-state index in [1.54, 1.807) is 13.8 Å². The average Bonchev–Trinajstić information content (AvgIpc) is 2.28. The Balaban J connectivity index is 4.84. The van der Waals surface area contributed by atoms with Gasteiger partial charge in [-0.05, 0) is 19.4 Å². The van der Waals surface area contributed by atoms with Crippen molar-refractivity contribution in [1.82, 2.24) is 0 Å². The lowest BCUT2D eigenvalue weighted by Crippen LogP contribution is -2.29. The SMILES string of the molecule is CCOP(=O)(C[C@@H](N=[N+]=[N-])[C@H](O)C=O)OCC. The quantitative estimate of drug-likeness (QED) is 0.222. The molecular formula is C8H16N3O5P. The first-order valence-corrected chi connectivity index (χ1v) is 6.81. The molecule has 0 bridgehead atoms. The largest absolute Gasteiger partial charge is 0.385 e. The summed E-state index contributed by atoms with van der Waals surface area (Å²) in [5.74, 6) is 0. The van der Waals surface area contributed by atoms with Crippen LogP contribution in [0.3, 0.4) is 0 Å². The number of rotatable bonds is 9. The third-order valence-electron chi connectivity index (χ3n) is 1.80. The molecule has 8 nitrogen and oxygen atoms in total. The van der Waals surface area contributed by atoms with Crippen LogP contribution in [0.25, 0.3) is 10.4 Å². The van der Waals surface area contributed by atoms with Gasteiger partial charge in [-0.15, -0.1) is 0 Å². The van der Waals surface area contributed by atoms with E-state index in [2.05, 4.69) is 10.0 Å². The predicted molar refractivity (Wildman–Crippen MR) is 60.7 cm³/mol. The first-order chi connectivity index (χ1) is 8.02. The van der Waals surface area contributed by atoms with E-state index in [1.165, 1.54) is 0 Å². The Bertz CT molecular complexity index is 321. The Hall–Kier alpha value is -0.910. The Morgan fingerprint density at radius 3 is 2.35 bits per heavy atom. The van der Waals surface area contributed by atoms with E-state index in [1.807, 2.05) is 0 Å². The Morgan fingerprint density at radius 2 is 2.00 bits per heavy atom. The van der Waals surface area contributed by atoms with Gasteiger partial charge in [0.05, 0.1) is 25.4 Å². The van der Waals surface area contributed by atoms with Gasteiger partial charge in [-0.1, -0.05) is 5.11 Å². The first kappa shape index (κ1) is 16.1. The molecule has 0 aromatic rings. The van der Waals surface area contributed by atoms with Crippen LogP contribution in [0.1, 0.15) is 13.8 Å². The first-order valence-electron chi connectivity index (χ1n) is 5.08. The topological polar surface area (TPSA) is 122 Å². The van der Waals surface area contributed by atoms with Gasteiger partial charge in [0.25, 0.3) is 0 Å². The van der Waals surface area contributed by atoms with Crippen molar-refractivity contribution in [3.8, 4) is 0 Å². The van der Waals surface area contributed by atoms with Crippen LogP contribution in [0.15, 0.2) is 5.11 Å². The number of carbonyl (C=O) groups is 1. The molecule has 98 valence electrons. The molecule has 2 atom stereocenters. The third kappa shape index (κ3) is 5.81. The summed E-state index contributed by atoms with van der Waals surface area (Å²) in [6, 6.07) is -1.17. The van der Waals surface area contributed by atoms with Gasteiger partial charge in [-0.25, -0.2) is 0 Å². The fraction of sp³-hybridized carbons (Fsp3) is 0.875. The van der Waals surface area contributed by atoms with Crippen molar-refractivity contribution in [1.29, 1.82) is 0 Å². The van der Waals surface area contributed by atoms with E-state index in [0.29, 0.717) is 0 Å². The molecule has 0 fully saturated rings. The number of aldehydes is 1. The summed E-state index contributed by atoms with van der Waals surface area (Å²) < 4.78 is 22.0. The van der Waals surface area contributed by atoms with Gasteiger partial charge in [-0.3, -0.25) is 4.57 Å². The molecule has 0 saturated carbocycles. The van der Waals surface area contributed by atoms with E-state index in [9.17, 15) is 14.5 Å². The van der Waals surface area contributed by atoms with Crippen LogP contribution in [0.5, 0.6) is 0 Å².